The van der Waals surface area contributed by atoms with E-state index in [0.717, 1.165) is 0 Å². The lowest BCUT2D eigenvalue weighted by molar-refractivity contribution is 0.151. The number of hydrogen-bond donors (Lipinski definition) is 0. The van der Waals surface area contributed by atoms with Crippen molar-refractivity contribution in [2.75, 3.05) is 20.7 Å². The van der Waals surface area contributed by atoms with E-state index in [2.05, 4.69) is 4.99 Å². The number of halogens is 3. The lowest BCUT2D eigenvalue weighted by Crippen LogP contribution is -2.14. The molecule has 0 unspecified atom stereocenters. The first-order valence-corrected chi connectivity index (χ1v) is 8.01. The molecule has 0 fully saturated rings. The van der Waals surface area contributed by atoms with Crippen LogP contribution in [0.25, 0.3) is 0 Å². The first-order valence-electron chi connectivity index (χ1n) is 7.63. The molecule has 0 aliphatic carbocycles. The Morgan fingerprint density at radius 3 is 2.52 bits per heavy atom. The number of hydrogen-bond acceptors (Lipinski definition) is 3. The van der Waals surface area contributed by atoms with Gasteiger partial charge in [-0.15, -0.1) is 0 Å². The van der Waals surface area contributed by atoms with Crippen LogP contribution < -0.4 is 9.47 Å². The van der Waals surface area contributed by atoms with Crippen LogP contribution >= 0.6 is 11.6 Å². The largest absolute Gasteiger partial charge is 0.493 e. The van der Waals surface area contributed by atoms with Gasteiger partial charge in [0.25, 0.3) is 6.43 Å². The highest BCUT2D eigenvalue weighted by Gasteiger charge is 2.19. The van der Waals surface area contributed by atoms with E-state index in [4.69, 9.17) is 21.1 Å². The van der Waals surface area contributed by atoms with Crippen molar-refractivity contribution in [1.82, 2.24) is 4.90 Å². The summed E-state index contributed by atoms with van der Waals surface area (Å²) < 4.78 is 37.9. The molecular weight excluding hydrogens is 350 g/mol. The lowest BCUT2D eigenvalue weighted by atomic mass is 10.1. The first kappa shape index (κ1) is 19.0. The van der Waals surface area contributed by atoms with Crippen molar-refractivity contribution in [3.63, 3.8) is 0 Å². The summed E-state index contributed by atoms with van der Waals surface area (Å²) in [5, 5.41) is 0.370. The summed E-state index contributed by atoms with van der Waals surface area (Å²) in [7, 11) is 3.24. The van der Waals surface area contributed by atoms with Gasteiger partial charge in [-0.05, 0) is 25.1 Å². The summed E-state index contributed by atoms with van der Waals surface area (Å²) in [6, 6.07) is 9.43. The number of methoxy groups -OCH3 is 1. The molecule has 134 valence electrons. The molecule has 2 aromatic carbocycles. The van der Waals surface area contributed by atoms with Crippen molar-refractivity contribution in [2.45, 2.75) is 13.3 Å². The zero-order chi connectivity index (χ0) is 18.4. The Kier molecular flexibility index (Phi) is 6.58. The van der Waals surface area contributed by atoms with Crippen LogP contribution in [0, 0.1) is 0 Å². The van der Waals surface area contributed by atoms with Crippen LogP contribution in [0.2, 0.25) is 5.02 Å². The predicted molar refractivity (Wildman–Crippen MR) is 95.9 cm³/mol. The van der Waals surface area contributed by atoms with Crippen molar-refractivity contribution in [2.24, 2.45) is 4.99 Å². The molecule has 0 aliphatic heterocycles. The number of ether oxygens (including phenoxy) is 2. The van der Waals surface area contributed by atoms with Crippen molar-refractivity contribution in [1.29, 1.82) is 0 Å². The lowest BCUT2D eigenvalue weighted by Gasteiger charge is -2.15. The monoisotopic (exact) mass is 368 g/mol. The maximum absolute atomic E-state index is 13.5. The molecule has 0 aromatic heterocycles. The fourth-order valence-corrected chi connectivity index (χ4v) is 2.15. The van der Waals surface area contributed by atoms with Crippen LogP contribution in [-0.2, 0) is 0 Å². The zero-order valence-corrected chi connectivity index (χ0v) is 14.9. The molecule has 0 N–H and O–H groups in total. The van der Waals surface area contributed by atoms with Gasteiger partial charge in [-0.2, -0.15) is 0 Å². The maximum atomic E-state index is 13.5. The van der Waals surface area contributed by atoms with Gasteiger partial charge in [0.05, 0.1) is 24.2 Å². The smallest absolute Gasteiger partial charge is 0.266 e. The van der Waals surface area contributed by atoms with Gasteiger partial charge in [0.1, 0.15) is 5.75 Å². The fraction of sp³-hybridized carbons (Fsp3) is 0.278. The van der Waals surface area contributed by atoms with Crippen LogP contribution in [0.5, 0.6) is 17.2 Å². The maximum Gasteiger partial charge on any atom is 0.266 e. The van der Waals surface area contributed by atoms with E-state index in [1.54, 1.807) is 36.2 Å². The Hall–Kier alpha value is -2.34. The van der Waals surface area contributed by atoms with Crippen molar-refractivity contribution >= 4 is 23.6 Å². The summed E-state index contributed by atoms with van der Waals surface area (Å²) in [5.74, 6) is 0.786. The van der Waals surface area contributed by atoms with Gasteiger partial charge >= 0.3 is 0 Å². The standard InChI is InChI=1S/C18H19ClF2N2O2/c1-4-23(2)11-22-14-10-16(24-3)17(9-12(14)18(20)21)25-15-8-6-5-7-13(15)19/h5-11,18H,4H2,1-3H3/b22-11+. The second-order valence-electron chi connectivity index (χ2n) is 5.21. The predicted octanol–water partition coefficient (Wildman–Crippen LogP) is 5.69. The van der Waals surface area contributed by atoms with Crippen molar-refractivity contribution < 1.29 is 18.3 Å². The topological polar surface area (TPSA) is 34.1 Å². The summed E-state index contributed by atoms with van der Waals surface area (Å²) in [6.45, 7) is 2.64. The minimum atomic E-state index is -2.71. The van der Waals surface area contributed by atoms with E-state index in [1.807, 2.05) is 6.92 Å². The Labute approximate surface area is 150 Å². The van der Waals surface area contributed by atoms with E-state index in [0.29, 0.717) is 17.3 Å². The molecule has 0 saturated heterocycles. The molecule has 2 rings (SSSR count). The minimum Gasteiger partial charge on any atom is -0.493 e. The van der Waals surface area contributed by atoms with Gasteiger partial charge in [-0.1, -0.05) is 23.7 Å². The van der Waals surface area contributed by atoms with Gasteiger partial charge < -0.3 is 14.4 Å². The number of rotatable bonds is 7. The molecule has 2 aromatic rings. The highest BCUT2D eigenvalue weighted by Crippen LogP contribution is 2.42. The van der Waals surface area contributed by atoms with Crippen molar-refractivity contribution in [3.05, 3.63) is 47.0 Å². The molecular formula is C18H19ClF2N2O2. The fourth-order valence-electron chi connectivity index (χ4n) is 1.98. The molecule has 0 bridgehead atoms. The molecule has 0 amide bonds. The Morgan fingerprint density at radius 1 is 1.20 bits per heavy atom. The van der Waals surface area contributed by atoms with Crippen LogP contribution in [0.1, 0.15) is 18.9 Å². The quantitative estimate of drug-likeness (QED) is 0.465. The zero-order valence-electron chi connectivity index (χ0n) is 14.2. The van der Waals surface area contributed by atoms with E-state index < -0.39 is 6.43 Å². The molecule has 0 saturated carbocycles. The Morgan fingerprint density at radius 2 is 1.92 bits per heavy atom. The molecule has 0 radical (unpaired) electrons. The third kappa shape index (κ3) is 4.82. The number of alkyl halides is 2. The number of nitrogens with zero attached hydrogens (tertiary/aromatic N) is 2. The second kappa shape index (κ2) is 8.67. The average molecular weight is 369 g/mol. The Bertz CT molecular complexity index is 754. The summed E-state index contributed by atoms with van der Waals surface area (Å²) in [6.07, 6.45) is -1.21. The summed E-state index contributed by atoms with van der Waals surface area (Å²) in [4.78, 5) is 5.91. The van der Waals surface area contributed by atoms with Gasteiger partial charge in [0.2, 0.25) is 0 Å². The summed E-state index contributed by atoms with van der Waals surface area (Å²) >= 11 is 6.06. The van der Waals surface area contributed by atoms with Crippen molar-refractivity contribution in [3.8, 4) is 17.2 Å². The van der Waals surface area contributed by atoms with Crippen LogP contribution in [0.15, 0.2) is 41.4 Å². The van der Waals surface area contributed by atoms with E-state index in [9.17, 15) is 8.78 Å². The second-order valence-corrected chi connectivity index (χ2v) is 5.62. The van der Waals surface area contributed by atoms with E-state index in [1.165, 1.54) is 25.6 Å². The molecule has 4 nitrogen and oxygen atoms in total. The number of para-hydroxylation sites is 1. The number of aliphatic imine (C=N–C) groups is 1. The van der Waals surface area contributed by atoms with E-state index in [-0.39, 0.29) is 22.7 Å². The van der Waals surface area contributed by atoms with Gasteiger partial charge in [0.15, 0.2) is 11.5 Å². The highest BCUT2D eigenvalue weighted by molar-refractivity contribution is 6.32. The van der Waals surface area contributed by atoms with Crippen LogP contribution in [0.4, 0.5) is 14.5 Å². The molecule has 0 heterocycles. The molecule has 7 heteroatoms. The molecule has 0 atom stereocenters. The SMILES string of the molecule is CCN(C)/C=N/c1cc(OC)c(Oc2ccccc2Cl)cc1C(F)F. The third-order valence-electron chi connectivity index (χ3n) is 3.50. The number of benzene rings is 2. The molecule has 25 heavy (non-hydrogen) atoms. The van der Waals surface area contributed by atoms with Gasteiger partial charge in [-0.25, -0.2) is 13.8 Å². The van der Waals surface area contributed by atoms with E-state index >= 15 is 0 Å². The minimum absolute atomic E-state index is 0.124. The van der Waals surface area contributed by atoms with Gasteiger partial charge in [0, 0.05) is 25.2 Å². The third-order valence-corrected chi connectivity index (χ3v) is 3.81. The normalized spacial score (nSPS) is 11.2. The van der Waals surface area contributed by atoms with Gasteiger partial charge in [-0.3, -0.25) is 0 Å². The molecule has 0 spiro atoms. The summed E-state index contributed by atoms with van der Waals surface area (Å²) in [5.41, 5.74) is -0.123. The Balaban J connectivity index is 2.46. The van der Waals surface area contributed by atoms with Crippen LogP contribution in [0.3, 0.4) is 0 Å². The first-order chi connectivity index (χ1) is 12.0. The van der Waals surface area contributed by atoms with Crippen LogP contribution in [-0.4, -0.2) is 31.9 Å². The molecule has 0 aliphatic rings. The highest BCUT2D eigenvalue weighted by atomic mass is 35.5. The average Bonchev–Trinajstić information content (AvgIpc) is 2.61.